The summed E-state index contributed by atoms with van der Waals surface area (Å²) in [6.07, 6.45) is 4.12. The molecule has 0 heterocycles. The Morgan fingerprint density at radius 1 is 1.28 bits per heavy atom. The predicted molar refractivity (Wildman–Crippen MR) is 77.8 cm³/mol. The minimum Gasteiger partial charge on any atom is -0.414 e. The van der Waals surface area contributed by atoms with Crippen molar-refractivity contribution in [1.29, 1.82) is 0 Å². The Bertz CT molecular complexity index is 313. The highest BCUT2D eigenvalue weighted by Gasteiger charge is 2.44. The molecule has 0 saturated heterocycles. The smallest absolute Gasteiger partial charge is 0.192 e. The van der Waals surface area contributed by atoms with Crippen LogP contribution < -0.4 is 0 Å². The summed E-state index contributed by atoms with van der Waals surface area (Å²) in [5.41, 5.74) is -1.54. The maximum atomic E-state index is 9.85. The molecule has 0 unspecified atom stereocenters. The molecular weight excluding hydrogens is 244 g/mol. The molecule has 0 saturated carbocycles. The average molecular weight is 272 g/mol. The molecule has 0 aliphatic carbocycles. The molecule has 0 aromatic rings. The Balaban J connectivity index is 4.69. The fourth-order valence-corrected chi connectivity index (χ4v) is 3.76. The quantitative estimate of drug-likeness (QED) is 0.576. The molecule has 106 valence electrons. The topological polar surface area (TPSA) is 49.7 Å². The second-order valence-corrected chi connectivity index (χ2v) is 11.1. The fraction of sp³-hybridized carbons (Fsp3) is 0.857. The number of hydrogen-bond acceptors (Lipinski definition) is 3. The van der Waals surface area contributed by atoms with Gasteiger partial charge in [0.1, 0.15) is 11.7 Å². The molecule has 0 spiro atoms. The number of hydrogen-bond donors (Lipinski definition) is 2. The first-order valence-electron chi connectivity index (χ1n) is 6.40. The van der Waals surface area contributed by atoms with Gasteiger partial charge in [0, 0.05) is 0 Å². The van der Waals surface area contributed by atoms with E-state index in [4.69, 9.17) is 10.8 Å². The summed E-state index contributed by atoms with van der Waals surface area (Å²) in [6.45, 7) is 14.5. The lowest BCUT2D eigenvalue weighted by Gasteiger charge is -2.43. The first kappa shape index (κ1) is 17.7. The zero-order valence-corrected chi connectivity index (χ0v) is 13.7. The zero-order chi connectivity index (χ0) is 14.8. The monoisotopic (exact) mass is 272 g/mol. The van der Waals surface area contributed by atoms with E-state index in [1.54, 1.807) is 0 Å². The van der Waals surface area contributed by atoms with Crippen molar-refractivity contribution in [1.82, 2.24) is 0 Å². The van der Waals surface area contributed by atoms with Crippen LogP contribution in [0.3, 0.4) is 0 Å². The summed E-state index contributed by atoms with van der Waals surface area (Å²) in [4.78, 5) is 0. The summed E-state index contributed by atoms with van der Waals surface area (Å²) in [7, 11) is -1.99. The van der Waals surface area contributed by atoms with Crippen LogP contribution in [-0.4, -0.2) is 36.8 Å². The molecule has 0 bridgehead atoms. The van der Waals surface area contributed by atoms with Gasteiger partial charge in [0.25, 0.3) is 0 Å². The van der Waals surface area contributed by atoms with Crippen molar-refractivity contribution in [2.24, 2.45) is 5.92 Å². The lowest BCUT2D eigenvalue weighted by molar-refractivity contribution is -0.0435. The highest BCUT2D eigenvalue weighted by molar-refractivity contribution is 6.74. The van der Waals surface area contributed by atoms with Crippen LogP contribution in [0.15, 0.2) is 0 Å². The van der Waals surface area contributed by atoms with Gasteiger partial charge in [-0.15, -0.1) is 6.42 Å². The van der Waals surface area contributed by atoms with Gasteiger partial charge in [-0.3, -0.25) is 0 Å². The van der Waals surface area contributed by atoms with Crippen LogP contribution in [0.1, 0.15) is 34.6 Å². The summed E-state index contributed by atoms with van der Waals surface area (Å²) < 4.78 is 5.94. The van der Waals surface area contributed by atoms with E-state index in [0.717, 1.165) is 0 Å². The molecule has 2 N–H and O–H groups in total. The molecule has 0 rings (SSSR count). The third-order valence-electron chi connectivity index (χ3n) is 4.54. The van der Waals surface area contributed by atoms with Gasteiger partial charge in [0.05, 0.1) is 6.61 Å². The van der Waals surface area contributed by atoms with Crippen LogP contribution >= 0.6 is 0 Å². The SMILES string of the molecule is C#C[C@@](C)(O)[C@H](O)CO[Si](C)(C)C(C)(C)C(C)C. The molecule has 0 aliphatic rings. The molecule has 0 radical (unpaired) electrons. The summed E-state index contributed by atoms with van der Waals surface area (Å²) in [5, 5.41) is 19.7. The van der Waals surface area contributed by atoms with E-state index in [2.05, 4.69) is 46.7 Å². The van der Waals surface area contributed by atoms with Crippen molar-refractivity contribution in [3.63, 3.8) is 0 Å². The van der Waals surface area contributed by atoms with Gasteiger partial charge in [-0.05, 0) is 31.0 Å². The maximum Gasteiger partial charge on any atom is 0.192 e. The van der Waals surface area contributed by atoms with Crippen molar-refractivity contribution < 1.29 is 14.6 Å². The molecule has 0 amide bonds. The third kappa shape index (κ3) is 3.82. The minimum atomic E-state index is -1.99. The molecule has 2 atom stereocenters. The fourth-order valence-electron chi connectivity index (χ4n) is 1.43. The van der Waals surface area contributed by atoms with Crippen molar-refractivity contribution in [2.75, 3.05) is 6.61 Å². The molecule has 18 heavy (non-hydrogen) atoms. The van der Waals surface area contributed by atoms with Gasteiger partial charge in [0.2, 0.25) is 0 Å². The van der Waals surface area contributed by atoms with E-state index < -0.39 is 20.0 Å². The van der Waals surface area contributed by atoms with Crippen LogP contribution in [0.25, 0.3) is 0 Å². The van der Waals surface area contributed by atoms with Crippen molar-refractivity contribution >= 4 is 8.32 Å². The van der Waals surface area contributed by atoms with E-state index in [-0.39, 0.29) is 11.6 Å². The first-order chi connectivity index (χ1) is 7.88. The molecular formula is C14H28O3Si. The molecule has 4 heteroatoms. The molecule has 0 aromatic heterocycles. The van der Waals surface area contributed by atoms with Gasteiger partial charge in [-0.25, -0.2) is 0 Å². The molecule has 0 aromatic carbocycles. The molecule has 0 fully saturated rings. The van der Waals surface area contributed by atoms with E-state index in [0.29, 0.717) is 5.92 Å². The largest absolute Gasteiger partial charge is 0.414 e. The standard InChI is InChI=1S/C14H28O3Si/c1-9-14(6,16)12(15)10-17-18(7,8)13(4,5)11(2)3/h1,11-12,15-16H,10H2,2-8H3/t12-,14-/m1/s1. The van der Waals surface area contributed by atoms with Crippen LogP contribution in [-0.2, 0) is 4.43 Å². The first-order valence-corrected chi connectivity index (χ1v) is 9.31. The molecule has 3 nitrogen and oxygen atoms in total. The lowest BCUT2D eigenvalue weighted by atomic mass is 9.99. The van der Waals surface area contributed by atoms with Crippen LogP contribution in [0.5, 0.6) is 0 Å². The van der Waals surface area contributed by atoms with Gasteiger partial charge < -0.3 is 14.6 Å². The Morgan fingerprint density at radius 2 is 1.72 bits per heavy atom. The second kappa shape index (κ2) is 5.75. The number of aliphatic hydroxyl groups excluding tert-OH is 1. The van der Waals surface area contributed by atoms with E-state index in [9.17, 15) is 10.2 Å². The van der Waals surface area contributed by atoms with E-state index in [1.807, 2.05) is 0 Å². The number of aliphatic hydroxyl groups is 2. The van der Waals surface area contributed by atoms with Gasteiger partial charge in [-0.1, -0.05) is 33.6 Å². The summed E-state index contributed by atoms with van der Waals surface area (Å²) >= 11 is 0. The third-order valence-corrected chi connectivity index (χ3v) is 9.11. The van der Waals surface area contributed by atoms with Crippen molar-refractivity contribution in [3.05, 3.63) is 0 Å². The van der Waals surface area contributed by atoms with Crippen molar-refractivity contribution in [3.8, 4) is 12.3 Å². The maximum absolute atomic E-state index is 9.85. The Hall–Kier alpha value is -0.343. The van der Waals surface area contributed by atoms with Gasteiger partial charge in [0.15, 0.2) is 8.32 Å². The zero-order valence-electron chi connectivity index (χ0n) is 12.7. The summed E-state index contributed by atoms with van der Waals surface area (Å²) in [6, 6.07) is 0. The predicted octanol–water partition coefficient (Wildman–Crippen LogP) is 2.39. The highest BCUT2D eigenvalue weighted by atomic mass is 28.4. The Morgan fingerprint density at radius 3 is 2.06 bits per heavy atom. The van der Waals surface area contributed by atoms with Gasteiger partial charge >= 0.3 is 0 Å². The second-order valence-electron chi connectivity index (χ2n) is 6.51. The summed E-state index contributed by atoms with van der Waals surface area (Å²) in [5.74, 6) is 2.67. The number of terminal acetylenes is 1. The Kier molecular flexibility index (Phi) is 5.64. The molecule has 0 aliphatic heterocycles. The van der Waals surface area contributed by atoms with Crippen LogP contribution in [0.2, 0.25) is 18.1 Å². The average Bonchev–Trinajstić information content (AvgIpc) is 2.25. The van der Waals surface area contributed by atoms with Gasteiger partial charge in [-0.2, -0.15) is 0 Å². The van der Waals surface area contributed by atoms with E-state index in [1.165, 1.54) is 6.92 Å². The minimum absolute atomic E-state index is 0.0760. The van der Waals surface area contributed by atoms with Crippen LogP contribution in [0.4, 0.5) is 0 Å². The van der Waals surface area contributed by atoms with Crippen molar-refractivity contribution in [2.45, 2.75) is 64.5 Å². The normalized spacial score (nSPS) is 18.3. The van der Waals surface area contributed by atoms with Crippen LogP contribution in [0, 0.1) is 18.3 Å². The Labute approximate surface area is 113 Å². The van der Waals surface area contributed by atoms with E-state index >= 15 is 0 Å². The number of rotatable bonds is 6. The lowest BCUT2D eigenvalue weighted by Crippen LogP contribution is -2.49. The highest BCUT2D eigenvalue weighted by Crippen LogP contribution is 2.44.